The lowest BCUT2D eigenvalue weighted by molar-refractivity contribution is 0.108. The maximum Gasteiger partial charge on any atom is 0.404 e. The van der Waals surface area contributed by atoms with Crippen LogP contribution >= 0.6 is 0 Å². The minimum Gasteiger partial charge on any atom is -0.465 e. The molecule has 0 aromatic carbocycles. The van der Waals surface area contributed by atoms with Crippen LogP contribution < -0.4 is 5.32 Å². The molecule has 0 bridgehead atoms. The molecule has 6 heteroatoms. The van der Waals surface area contributed by atoms with Crippen molar-refractivity contribution in [1.29, 1.82) is 0 Å². The number of hydrogen-bond acceptors (Lipinski definition) is 1. The summed E-state index contributed by atoms with van der Waals surface area (Å²) in [7, 11) is 0. The molecule has 1 amide bonds. The molecule has 0 heterocycles. The molecule has 0 saturated carbocycles. The van der Waals surface area contributed by atoms with E-state index in [0.29, 0.717) is 0 Å². The van der Waals surface area contributed by atoms with Crippen molar-refractivity contribution in [2.75, 3.05) is 26.6 Å². The normalized spacial score (nSPS) is 11.2. The molecule has 2 N–H and O–H groups in total. The van der Waals surface area contributed by atoms with Crippen molar-refractivity contribution in [3.8, 4) is 0 Å². The molecule has 3 nitrogen and oxygen atoms in total. The van der Waals surface area contributed by atoms with Gasteiger partial charge in [-0.25, -0.2) is 4.79 Å². The topological polar surface area (TPSA) is 49.3 Å². The fourth-order valence-corrected chi connectivity index (χ4v) is 0.512. The van der Waals surface area contributed by atoms with Crippen LogP contribution in [0.2, 0.25) is 0 Å². The Hall–Kier alpha value is -0.940. The van der Waals surface area contributed by atoms with E-state index in [0.717, 1.165) is 0 Å². The molecule has 0 atom stereocenters. The Bertz CT molecular complexity index is 141. The van der Waals surface area contributed by atoms with Crippen LogP contribution in [0.4, 0.5) is 18.0 Å². The van der Waals surface area contributed by atoms with Crippen molar-refractivity contribution in [3.63, 3.8) is 0 Å². The van der Waals surface area contributed by atoms with E-state index in [2.05, 4.69) is 0 Å². The van der Waals surface area contributed by atoms with Gasteiger partial charge in [-0.1, -0.05) is 0 Å². The zero-order chi connectivity index (χ0) is 9.61. The van der Waals surface area contributed by atoms with E-state index in [-0.39, 0.29) is 0 Å². The van der Waals surface area contributed by atoms with E-state index in [1.807, 2.05) is 0 Å². The van der Waals surface area contributed by atoms with Crippen LogP contribution in [0.15, 0.2) is 0 Å². The van der Waals surface area contributed by atoms with E-state index in [1.54, 1.807) is 5.32 Å². The third-order valence-corrected chi connectivity index (χ3v) is 1.47. The van der Waals surface area contributed by atoms with E-state index >= 15 is 0 Å². The lowest BCUT2D eigenvalue weighted by Crippen LogP contribution is -2.41. The summed E-state index contributed by atoms with van der Waals surface area (Å²) in [5.74, 6) is 0. The average molecular weight is 185 g/mol. The summed E-state index contributed by atoms with van der Waals surface area (Å²) >= 11 is 0. The van der Waals surface area contributed by atoms with Crippen LogP contribution in [0.3, 0.4) is 0 Å². The zero-order valence-corrected chi connectivity index (χ0v) is 6.32. The van der Waals surface area contributed by atoms with Crippen LogP contribution in [-0.4, -0.2) is 37.8 Å². The molecule has 0 saturated heterocycles. The van der Waals surface area contributed by atoms with E-state index in [1.165, 1.54) is 0 Å². The lowest BCUT2D eigenvalue weighted by atomic mass is 9.93. The van der Waals surface area contributed by atoms with Gasteiger partial charge in [0.1, 0.15) is 20.0 Å². The van der Waals surface area contributed by atoms with Crippen LogP contribution in [0, 0.1) is 5.41 Å². The number of carboxylic acid groups (broad SMARTS) is 1. The molecule has 0 spiro atoms. The second-order valence-corrected chi connectivity index (χ2v) is 2.56. The standard InChI is InChI=1S/C6H10F3NO2/c7-1-6(2-8,3-9)4-10-5(11)12/h10H,1-4H2,(H,11,12). The van der Waals surface area contributed by atoms with Crippen LogP contribution in [0.1, 0.15) is 0 Å². The summed E-state index contributed by atoms with van der Waals surface area (Å²) < 4.78 is 36.2. The molecule has 0 fully saturated rings. The summed E-state index contributed by atoms with van der Waals surface area (Å²) in [6, 6.07) is 0. The number of halogens is 3. The minimum atomic E-state index is -1.83. The monoisotopic (exact) mass is 185 g/mol. The molecule has 12 heavy (non-hydrogen) atoms. The lowest BCUT2D eigenvalue weighted by Gasteiger charge is -2.23. The molecule has 0 aliphatic carbocycles. The number of amides is 1. The smallest absolute Gasteiger partial charge is 0.404 e. The van der Waals surface area contributed by atoms with Gasteiger partial charge in [0.25, 0.3) is 0 Å². The fourth-order valence-electron chi connectivity index (χ4n) is 0.512. The third kappa shape index (κ3) is 2.98. The molecule has 0 radical (unpaired) electrons. The molecule has 72 valence electrons. The number of carbonyl (C=O) groups is 1. The van der Waals surface area contributed by atoms with Gasteiger partial charge in [0.2, 0.25) is 0 Å². The van der Waals surface area contributed by atoms with Crippen molar-refractivity contribution >= 4 is 6.09 Å². The van der Waals surface area contributed by atoms with Crippen LogP contribution in [0.5, 0.6) is 0 Å². The highest BCUT2D eigenvalue weighted by atomic mass is 19.1. The first-order valence-corrected chi connectivity index (χ1v) is 3.25. The highest BCUT2D eigenvalue weighted by Gasteiger charge is 2.31. The molecule has 0 aromatic rings. The van der Waals surface area contributed by atoms with Gasteiger partial charge in [-0.2, -0.15) is 0 Å². The van der Waals surface area contributed by atoms with Gasteiger partial charge in [0, 0.05) is 6.54 Å². The SMILES string of the molecule is O=C(O)NCC(CF)(CF)CF. The van der Waals surface area contributed by atoms with Crippen molar-refractivity contribution in [2.24, 2.45) is 5.41 Å². The average Bonchev–Trinajstić information content (AvgIpc) is 2.08. The van der Waals surface area contributed by atoms with Gasteiger partial charge in [-0.05, 0) is 0 Å². The summed E-state index contributed by atoms with van der Waals surface area (Å²) in [6.07, 6.45) is -1.42. The van der Waals surface area contributed by atoms with Gasteiger partial charge in [0.15, 0.2) is 0 Å². The first-order valence-electron chi connectivity index (χ1n) is 3.25. The van der Waals surface area contributed by atoms with Crippen molar-refractivity contribution in [2.45, 2.75) is 0 Å². The summed E-state index contributed by atoms with van der Waals surface area (Å²) in [5, 5.41) is 9.82. The molecule has 0 rings (SSSR count). The Labute approximate surface area is 67.6 Å². The molecule has 0 unspecified atom stereocenters. The summed E-state index contributed by atoms with van der Waals surface area (Å²) in [4.78, 5) is 9.92. The van der Waals surface area contributed by atoms with Gasteiger partial charge in [-0.3, -0.25) is 13.2 Å². The Morgan fingerprint density at radius 1 is 1.25 bits per heavy atom. The van der Waals surface area contributed by atoms with E-state index in [9.17, 15) is 18.0 Å². The predicted octanol–water partition coefficient (Wildman–Crippen LogP) is 1.15. The number of nitrogens with one attached hydrogen (secondary N) is 1. The van der Waals surface area contributed by atoms with Gasteiger partial charge >= 0.3 is 6.09 Å². The van der Waals surface area contributed by atoms with Gasteiger partial charge < -0.3 is 10.4 Å². The fraction of sp³-hybridized carbons (Fsp3) is 0.833. The maximum absolute atomic E-state index is 12.1. The van der Waals surface area contributed by atoms with Gasteiger partial charge in [0.05, 0.1) is 5.41 Å². The molecular formula is C6H10F3NO2. The molecule has 0 aliphatic heterocycles. The molecule has 0 aromatic heterocycles. The zero-order valence-electron chi connectivity index (χ0n) is 6.32. The Balaban J connectivity index is 4.01. The first-order chi connectivity index (χ1) is 5.60. The predicted molar refractivity (Wildman–Crippen MR) is 36.4 cm³/mol. The van der Waals surface area contributed by atoms with Crippen molar-refractivity contribution in [1.82, 2.24) is 5.32 Å². The second-order valence-electron chi connectivity index (χ2n) is 2.56. The number of alkyl halides is 3. The summed E-state index contributed by atoms with van der Waals surface area (Å²) in [5.41, 5.74) is -1.83. The van der Waals surface area contributed by atoms with Gasteiger partial charge in [-0.15, -0.1) is 0 Å². The minimum absolute atomic E-state index is 0.550. The maximum atomic E-state index is 12.1. The summed E-state index contributed by atoms with van der Waals surface area (Å²) in [6.45, 7) is -4.22. The first kappa shape index (κ1) is 11.1. The Morgan fingerprint density at radius 3 is 1.92 bits per heavy atom. The molecule has 0 aliphatic rings. The van der Waals surface area contributed by atoms with E-state index < -0.39 is 38.1 Å². The number of hydrogen-bond donors (Lipinski definition) is 2. The Kier molecular flexibility index (Phi) is 4.46. The highest BCUT2D eigenvalue weighted by Crippen LogP contribution is 2.18. The van der Waals surface area contributed by atoms with Crippen molar-refractivity contribution < 1.29 is 23.1 Å². The van der Waals surface area contributed by atoms with E-state index in [4.69, 9.17) is 5.11 Å². The number of rotatable bonds is 5. The van der Waals surface area contributed by atoms with Crippen LogP contribution in [-0.2, 0) is 0 Å². The second kappa shape index (κ2) is 4.84. The van der Waals surface area contributed by atoms with Crippen LogP contribution in [0.25, 0.3) is 0 Å². The largest absolute Gasteiger partial charge is 0.465 e. The quantitative estimate of drug-likeness (QED) is 0.674. The third-order valence-electron chi connectivity index (χ3n) is 1.47. The Morgan fingerprint density at radius 2 is 1.67 bits per heavy atom. The molecular weight excluding hydrogens is 175 g/mol. The van der Waals surface area contributed by atoms with Crippen molar-refractivity contribution in [3.05, 3.63) is 0 Å². The highest BCUT2D eigenvalue weighted by molar-refractivity contribution is 5.64.